The maximum atomic E-state index is 6.17. The quantitative estimate of drug-likeness (QED) is 0.117. The highest BCUT2D eigenvalue weighted by Gasteiger charge is 2.18. The van der Waals surface area contributed by atoms with Crippen LogP contribution in [0.4, 0.5) is 0 Å². The second-order valence-electron chi connectivity index (χ2n) is 12.0. The van der Waals surface area contributed by atoms with Crippen LogP contribution in [-0.4, -0.2) is 5.71 Å². The lowest BCUT2D eigenvalue weighted by atomic mass is 9.83. The van der Waals surface area contributed by atoms with E-state index in [0.717, 1.165) is 40.8 Å². The van der Waals surface area contributed by atoms with Crippen LogP contribution in [-0.2, 0) is 0 Å². The molecular weight excluding hydrogens is 567 g/mol. The first-order valence-corrected chi connectivity index (χ1v) is 16.2. The number of benzene rings is 5. The molecule has 1 aliphatic rings. The third-order valence-corrected chi connectivity index (χ3v) is 8.87. The van der Waals surface area contributed by atoms with Gasteiger partial charge in [0.25, 0.3) is 0 Å². The highest BCUT2D eigenvalue weighted by Crippen LogP contribution is 2.38. The van der Waals surface area contributed by atoms with Gasteiger partial charge in [-0.1, -0.05) is 158 Å². The molecule has 0 radical (unpaired) electrons. The van der Waals surface area contributed by atoms with E-state index in [1.165, 1.54) is 44.5 Å². The fourth-order valence-corrected chi connectivity index (χ4v) is 6.24. The Labute approximate surface area is 280 Å². The first kappa shape index (κ1) is 31.3. The van der Waals surface area contributed by atoms with Crippen molar-refractivity contribution in [2.75, 3.05) is 0 Å². The van der Waals surface area contributed by atoms with E-state index < -0.39 is 6.04 Å². The monoisotopic (exact) mass is 605 g/mol. The molecule has 6 rings (SSSR count). The molecule has 228 valence electrons. The van der Waals surface area contributed by atoms with Gasteiger partial charge in [-0.3, -0.25) is 4.99 Å². The Hall–Kier alpha value is -5.71. The molecule has 47 heavy (non-hydrogen) atoms. The van der Waals surface area contributed by atoms with E-state index in [9.17, 15) is 0 Å². The van der Waals surface area contributed by atoms with Crippen LogP contribution in [0.25, 0.3) is 27.8 Å². The maximum Gasteiger partial charge on any atom is 0.136 e. The Morgan fingerprint density at radius 2 is 1.34 bits per heavy atom. The molecular formula is C46H39N. The molecule has 1 unspecified atom stereocenters. The van der Waals surface area contributed by atoms with Gasteiger partial charge in [0.2, 0.25) is 0 Å². The van der Waals surface area contributed by atoms with Gasteiger partial charge < -0.3 is 0 Å². The van der Waals surface area contributed by atoms with Gasteiger partial charge in [-0.25, -0.2) is 0 Å². The summed E-state index contributed by atoms with van der Waals surface area (Å²) in [5.41, 5.74) is 15.1. The van der Waals surface area contributed by atoms with Gasteiger partial charge in [-0.15, -0.1) is 6.42 Å². The highest BCUT2D eigenvalue weighted by molar-refractivity contribution is 6.12. The Bertz CT molecular complexity index is 2030. The Morgan fingerprint density at radius 3 is 1.96 bits per heavy atom. The molecule has 0 saturated heterocycles. The summed E-state index contributed by atoms with van der Waals surface area (Å²) in [5, 5.41) is 0. The van der Waals surface area contributed by atoms with Crippen LogP contribution in [0.3, 0.4) is 0 Å². The number of nitrogens with zero attached hydrogens (tertiary/aromatic N) is 1. The number of aliphatic imine (C=N–C) groups is 1. The van der Waals surface area contributed by atoms with E-state index in [1.807, 2.05) is 30.3 Å². The van der Waals surface area contributed by atoms with Crippen LogP contribution in [0.15, 0.2) is 169 Å². The highest BCUT2D eigenvalue weighted by atomic mass is 14.8. The fourth-order valence-electron chi connectivity index (χ4n) is 6.24. The van der Waals surface area contributed by atoms with E-state index >= 15 is 0 Å². The predicted octanol–water partition coefficient (Wildman–Crippen LogP) is 11.7. The zero-order chi connectivity index (χ0) is 32.6. The van der Waals surface area contributed by atoms with Crippen molar-refractivity contribution in [3.63, 3.8) is 0 Å². The maximum absolute atomic E-state index is 6.17. The van der Waals surface area contributed by atoms with Crippen molar-refractivity contribution in [2.24, 2.45) is 4.99 Å². The number of rotatable bonds is 9. The second-order valence-corrected chi connectivity index (χ2v) is 12.0. The molecule has 0 aromatic heterocycles. The number of hydrogen-bond acceptors (Lipinski definition) is 1. The van der Waals surface area contributed by atoms with E-state index in [4.69, 9.17) is 11.4 Å². The van der Waals surface area contributed by atoms with Crippen molar-refractivity contribution < 1.29 is 0 Å². The normalized spacial score (nSPS) is 14.3. The largest absolute Gasteiger partial charge is 0.264 e. The summed E-state index contributed by atoms with van der Waals surface area (Å²) in [7, 11) is 0. The minimum atomic E-state index is -0.425. The zero-order valence-corrected chi connectivity index (χ0v) is 27.2. The van der Waals surface area contributed by atoms with Crippen LogP contribution >= 0.6 is 0 Å². The number of aryl methyl sites for hydroxylation is 1. The zero-order valence-electron chi connectivity index (χ0n) is 27.2. The van der Waals surface area contributed by atoms with Crippen molar-refractivity contribution in [3.8, 4) is 23.5 Å². The first-order valence-electron chi connectivity index (χ1n) is 16.2. The standard InChI is InChI=1S/C46H39N/c1-5-35-22-27-41(39-25-23-38(24-26-39)37-18-12-8-13-19-37)32-44(35)43-29-28-42(30-34(43)4)45(6-2)47-46(40-20-14-9-15-21-40)31-33(3)36-16-10-7-11-17-36/h2,5,7-21,23-26,28-32,45H,1,22,27H2,3-4H3/b33-31+,47-46+. The summed E-state index contributed by atoms with van der Waals surface area (Å²) in [6, 6.07) is 46.2. The molecule has 5 aromatic rings. The van der Waals surface area contributed by atoms with Crippen molar-refractivity contribution >= 4 is 22.4 Å². The van der Waals surface area contributed by atoms with Gasteiger partial charge in [0.05, 0.1) is 5.71 Å². The Morgan fingerprint density at radius 1 is 0.745 bits per heavy atom. The number of terminal acetylenes is 1. The van der Waals surface area contributed by atoms with Crippen molar-refractivity contribution in [2.45, 2.75) is 32.7 Å². The van der Waals surface area contributed by atoms with Gasteiger partial charge in [0.15, 0.2) is 0 Å². The summed E-state index contributed by atoms with van der Waals surface area (Å²) in [5.74, 6) is 2.97. The molecule has 0 bridgehead atoms. The molecule has 0 aliphatic heterocycles. The summed E-state index contributed by atoms with van der Waals surface area (Å²) in [6.45, 7) is 8.44. The van der Waals surface area contributed by atoms with Crippen LogP contribution in [0.2, 0.25) is 0 Å². The second kappa shape index (κ2) is 14.6. The van der Waals surface area contributed by atoms with E-state index in [0.29, 0.717) is 0 Å². The van der Waals surface area contributed by atoms with E-state index in [2.05, 4.69) is 148 Å². The fraction of sp³-hybridized carbons (Fsp3) is 0.109. The third-order valence-electron chi connectivity index (χ3n) is 8.87. The lowest BCUT2D eigenvalue weighted by Gasteiger charge is -2.21. The lowest BCUT2D eigenvalue weighted by molar-refractivity contribution is 0.944. The predicted molar refractivity (Wildman–Crippen MR) is 202 cm³/mol. The van der Waals surface area contributed by atoms with Crippen molar-refractivity contribution in [1.82, 2.24) is 0 Å². The average molecular weight is 606 g/mol. The molecule has 1 aliphatic carbocycles. The number of allylic oxidation sites excluding steroid dienone is 7. The molecule has 0 amide bonds. The molecule has 1 atom stereocenters. The van der Waals surface area contributed by atoms with Gasteiger partial charge in [0.1, 0.15) is 6.04 Å². The van der Waals surface area contributed by atoms with Crippen LogP contribution < -0.4 is 0 Å². The molecule has 1 nitrogen and oxygen atoms in total. The summed E-state index contributed by atoms with van der Waals surface area (Å²) >= 11 is 0. The van der Waals surface area contributed by atoms with Crippen molar-refractivity contribution in [3.05, 3.63) is 197 Å². The van der Waals surface area contributed by atoms with E-state index in [1.54, 1.807) is 0 Å². The first-order chi connectivity index (χ1) is 23.0. The summed E-state index contributed by atoms with van der Waals surface area (Å²) in [6.07, 6.45) is 14.6. The Kier molecular flexibility index (Phi) is 9.71. The van der Waals surface area contributed by atoms with Crippen LogP contribution in [0.5, 0.6) is 0 Å². The molecule has 0 saturated carbocycles. The van der Waals surface area contributed by atoms with Crippen LogP contribution in [0.1, 0.15) is 59.2 Å². The van der Waals surface area contributed by atoms with E-state index in [-0.39, 0.29) is 0 Å². The van der Waals surface area contributed by atoms with Crippen molar-refractivity contribution in [1.29, 1.82) is 0 Å². The van der Waals surface area contributed by atoms with Gasteiger partial charge >= 0.3 is 0 Å². The molecule has 0 spiro atoms. The summed E-state index contributed by atoms with van der Waals surface area (Å²) in [4.78, 5) is 5.16. The topological polar surface area (TPSA) is 12.4 Å². The molecule has 1 heteroatoms. The molecule has 0 fully saturated rings. The molecule has 5 aromatic carbocycles. The summed E-state index contributed by atoms with van der Waals surface area (Å²) < 4.78 is 0. The van der Waals surface area contributed by atoms with Gasteiger partial charge in [-0.05, 0) is 99.6 Å². The third kappa shape index (κ3) is 7.25. The minimum absolute atomic E-state index is 0.425. The minimum Gasteiger partial charge on any atom is -0.264 e. The molecule has 0 N–H and O–H groups in total. The Balaban J connectivity index is 1.32. The number of hydrogen-bond donors (Lipinski definition) is 0. The average Bonchev–Trinajstić information content (AvgIpc) is 3.14. The SMILES string of the molecule is C#CC(/N=C(\C=C(/C)c1ccccc1)c1ccccc1)c1ccc(C2=C(C=C)CCC(c3ccc(-c4ccccc4)cc3)=C2)c(C)c1. The van der Waals surface area contributed by atoms with Gasteiger partial charge in [-0.2, -0.15) is 0 Å². The van der Waals surface area contributed by atoms with Crippen LogP contribution in [0, 0.1) is 19.3 Å². The van der Waals surface area contributed by atoms with Gasteiger partial charge in [0, 0.05) is 0 Å². The smallest absolute Gasteiger partial charge is 0.136 e. The molecule has 0 heterocycles. The lowest BCUT2D eigenvalue weighted by Crippen LogP contribution is -2.04.